The highest BCUT2D eigenvalue weighted by Gasteiger charge is 2.54. The Labute approximate surface area is 265 Å². The Kier molecular flexibility index (Phi) is 7.96. The zero-order valence-corrected chi connectivity index (χ0v) is 26.4. The Morgan fingerprint density at radius 3 is 2.37 bits per heavy atom. The number of imidazole rings is 2. The first-order valence-corrected chi connectivity index (χ1v) is 18.6. The number of Topliss-reactive ketones (excluding diaryl/α,β-unsaturated/α-hetero) is 1. The summed E-state index contributed by atoms with van der Waals surface area (Å²) < 4.78 is 80.9. The van der Waals surface area contributed by atoms with Crippen LogP contribution in [0.4, 0.5) is 20.5 Å². The molecule has 4 aliphatic rings. The van der Waals surface area contributed by atoms with E-state index in [0.717, 1.165) is 21.8 Å². The minimum absolute atomic E-state index is 0.0263. The van der Waals surface area contributed by atoms with Gasteiger partial charge in [-0.1, -0.05) is 12.2 Å². The third-order valence-corrected chi connectivity index (χ3v) is 10.6. The number of ether oxygens (including phenoxy) is 2. The minimum Gasteiger partial charge on any atom is -0.387 e. The van der Waals surface area contributed by atoms with Gasteiger partial charge in [-0.15, -0.1) is 0 Å². The molecule has 6 N–H and O–H groups in total. The number of aromatic amines is 1. The van der Waals surface area contributed by atoms with E-state index < -0.39 is 87.3 Å². The van der Waals surface area contributed by atoms with E-state index in [1.54, 1.807) is 0 Å². The average molecular weight is 726 g/mol. The van der Waals surface area contributed by atoms with Gasteiger partial charge < -0.3 is 30.4 Å². The van der Waals surface area contributed by atoms with Crippen molar-refractivity contribution in [2.75, 3.05) is 18.9 Å². The Morgan fingerprint density at radius 2 is 1.65 bits per heavy atom. The first kappa shape index (κ1) is 31.9. The second kappa shape index (κ2) is 11.5. The van der Waals surface area contributed by atoms with Crippen molar-refractivity contribution >= 4 is 72.1 Å². The Balaban J connectivity index is 1.16. The Morgan fingerprint density at radius 1 is 1.02 bits per heavy atom. The number of thiol groups is 1. The maximum atomic E-state index is 16.0. The molecule has 3 aromatic heterocycles. The topological polar surface area (TPSA) is 256 Å². The summed E-state index contributed by atoms with van der Waals surface area (Å²) in [6.07, 6.45) is -11.6. The number of alkyl halides is 2. The summed E-state index contributed by atoms with van der Waals surface area (Å²) in [5, 5.41) is 0. The number of ketones is 1. The van der Waals surface area contributed by atoms with Gasteiger partial charge in [-0.25, -0.2) is 28.3 Å². The van der Waals surface area contributed by atoms with E-state index in [4.69, 9.17) is 50.8 Å². The smallest absolute Gasteiger partial charge is 0.386 e. The molecule has 4 aliphatic heterocycles. The summed E-state index contributed by atoms with van der Waals surface area (Å²) in [6, 6.07) is 0. The fourth-order valence-electron chi connectivity index (χ4n) is 5.46. The maximum absolute atomic E-state index is 16.0. The molecular weight excluding hydrogens is 702 g/mol. The molecule has 0 aromatic carbocycles. The normalized spacial score (nSPS) is 38.4. The molecule has 7 rings (SSSR count). The molecule has 3 fully saturated rings. The maximum Gasteiger partial charge on any atom is 0.386 e. The van der Waals surface area contributed by atoms with Crippen LogP contribution >= 0.6 is 25.8 Å². The molecule has 0 saturated carbocycles. The quantitative estimate of drug-likeness (QED) is 0.180. The van der Waals surface area contributed by atoms with E-state index in [-0.39, 0.29) is 40.9 Å². The van der Waals surface area contributed by atoms with Crippen LogP contribution < -0.4 is 17.0 Å². The molecule has 3 saturated heterocycles. The summed E-state index contributed by atoms with van der Waals surface area (Å²) in [5.74, 6) is -0.807. The monoisotopic (exact) mass is 725 g/mol. The Hall–Kier alpha value is -2.69. The van der Waals surface area contributed by atoms with Crippen molar-refractivity contribution in [2.24, 2.45) is 10.7 Å². The van der Waals surface area contributed by atoms with Crippen LogP contribution in [0.25, 0.3) is 11.2 Å². The lowest BCUT2D eigenvalue weighted by atomic mass is 10.1. The largest absolute Gasteiger partial charge is 0.387 e. The van der Waals surface area contributed by atoms with Crippen LogP contribution in [0, 0.1) is 0 Å². The van der Waals surface area contributed by atoms with Crippen LogP contribution in [0.2, 0.25) is 0 Å². The number of H-pyrrole nitrogens is 1. The number of amidine groups is 1. The highest BCUT2D eigenvalue weighted by atomic mass is 32.7. The van der Waals surface area contributed by atoms with Crippen molar-refractivity contribution in [1.82, 2.24) is 29.1 Å². The molecule has 0 aliphatic carbocycles. The first-order valence-electron chi connectivity index (χ1n) is 13.3. The molecule has 3 aromatic rings. The number of fused-ring (bicyclic) bond motifs is 4. The molecule has 2 unspecified atom stereocenters. The molecule has 25 heteroatoms. The van der Waals surface area contributed by atoms with Gasteiger partial charge in [-0.2, -0.15) is 4.98 Å². The zero-order chi connectivity index (χ0) is 32.7. The van der Waals surface area contributed by atoms with E-state index in [2.05, 4.69) is 37.2 Å². The number of nitrogens with zero attached hydrogens (tertiary/aromatic N) is 6. The minimum atomic E-state index is -4.46. The number of hydrogen-bond donors (Lipinski definition) is 5. The van der Waals surface area contributed by atoms with Gasteiger partial charge in [-0.05, 0) is 11.8 Å². The second-order valence-electron chi connectivity index (χ2n) is 10.5. The fraction of sp³-hybridized carbons (Fsp3) is 0.524. The van der Waals surface area contributed by atoms with Gasteiger partial charge in [0.05, 0.1) is 32.3 Å². The number of carbonyl (C=O) groups is 1. The summed E-state index contributed by atoms with van der Waals surface area (Å²) in [5.41, 5.74) is 10.3. The predicted octanol–water partition coefficient (Wildman–Crippen LogP) is 0.717. The lowest BCUT2D eigenvalue weighted by molar-refractivity contribution is -0.0567. The number of anilines is 1. The third-order valence-electron chi connectivity index (χ3n) is 7.47. The second-order valence-corrected chi connectivity index (χ2v) is 16.2. The van der Waals surface area contributed by atoms with Crippen LogP contribution in [0.3, 0.4) is 0 Å². The number of aliphatic imine (C=N–C) groups is 1. The predicted molar refractivity (Wildman–Crippen MR) is 157 cm³/mol. The van der Waals surface area contributed by atoms with Crippen molar-refractivity contribution in [1.29, 1.82) is 0 Å². The summed E-state index contributed by atoms with van der Waals surface area (Å²) in [4.78, 5) is 53.7. The van der Waals surface area contributed by atoms with Crippen LogP contribution in [-0.4, -0.2) is 95.6 Å². The van der Waals surface area contributed by atoms with Gasteiger partial charge in [0.25, 0.3) is 5.56 Å². The summed E-state index contributed by atoms with van der Waals surface area (Å²) in [7, 11) is 0. The number of nitrogens with one attached hydrogen (secondary N) is 1. The van der Waals surface area contributed by atoms with Crippen molar-refractivity contribution in [3.8, 4) is 0 Å². The van der Waals surface area contributed by atoms with Gasteiger partial charge in [0.15, 0.2) is 53.3 Å². The van der Waals surface area contributed by atoms with E-state index in [9.17, 15) is 19.0 Å². The molecule has 19 nitrogen and oxygen atoms in total. The molecular formula is C21H23F2N9O10P2S2. The zero-order valence-electron chi connectivity index (χ0n) is 22.9. The number of nitrogens with two attached hydrogens (primary N) is 2. The van der Waals surface area contributed by atoms with Crippen LogP contribution in [0.15, 0.2) is 22.4 Å². The molecule has 0 spiro atoms. The van der Waals surface area contributed by atoms with Crippen LogP contribution in [0.1, 0.15) is 29.4 Å². The SMILES string of the molecule is NC1=Nc2c(ncn2[C@@H]2O[C@@H]3COP(O)(=S)O[C@H]4[C@@H](F)[C@H](n5cnc6c(=O)[nH]c(N)nc65)O[C@@H]4COP(=O)(S)O[C@H]3[C@H]2F)C(=O)C1. The number of aromatic nitrogens is 6. The van der Waals surface area contributed by atoms with E-state index in [1.165, 1.54) is 0 Å². The molecule has 10 atom stereocenters. The van der Waals surface area contributed by atoms with Crippen molar-refractivity contribution in [2.45, 2.75) is 55.6 Å². The fourth-order valence-corrected chi connectivity index (χ4v) is 8.38. The van der Waals surface area contributed by atoms with Crippen LogP contribution in [0.5, 0.6) is 0 Å². The lowest BCUT2D eigenvalue weighted by Crippen LogP contribution is -2.37. The molecule has 248 valence electrons. The number of halogens is 2. The van der Waals surface area contributed by atoms with Gasteiger partial charge in [0, 0.05) is 0 Å². The Bertz CT molecular complexity index is 1930. The number of nitrogen functional groups attached to an aromatic ring is 1. The number of hydrogen-bond acceptors (Lipinski definition) is 16. The molecule has 0 amide bonds. The summed E-state index contributed by atoms with van der Waals surface area (Å²) in [6.45, 7) is -10.2. The number of rotatable bonds is 2. The molecule has 7 heterocycles. The molecule has 0 radical (unpaired) electrons. The first-order chi connectivity index (χ1) is 21.7. The van der Waals surface area contributed by atoms with Crippen molar-refractivity contribution < 1.29 is 50.6 Å². The average Bonchev–Trinajstić information content (AvgIpc) is 3.72. The van der Waals surface area contributed by atoms with Crippen molar-refractivity contribution in [3.05, 3.63) is 28.7 Å². The molecule has 46 heavy (non-hydrogen) atoms. The molecule has 0 bridgehead atoms. The van der Waals surface area contributed by atoms with Crippen LogP contribution in [-0.2, 0) is 43.9 Å². The lowest BCUT2D eigenvalue weighted by Gasteiger charge is -2.29. The van der Waals surface area contributed by atoms with Crippen molar-refractivity contribution in [3.63, 3.8) is 0 Å². The van der Waals surface area contributed by atoms with Gasteiger partial charge >= 0.3 is 13.5 Å². The summed E-state index contributed by atoms with van der Waals surface area (Å²) >= 11 is 9.09. The van der Waals surface area contributed by atoms with E-state index >= 15 is 8.78 Å². The highest BCUT2D eigenvalue weighted by Crippen LogP contribution is 2.58. The number of carbonyl (C=O) groups excluding carboxylic acids is 1. The standard InChI is InChI=1S/C21H23F2N9O10P2S2/c22-10-14-7(39-19(10)31-4-26-12-6(33)1-9(24)28-16(12)31)2-37-44(36,46)42-15-8(3-38-43(35,45)41-14)40-20(11(15)23)32-5-27-13-17(32)29-21(25)30-18(13)34/h4-5,7-8,10-11,14-15,19-20H,1-3H2,(H2,24,28)(H,35,45)(H,36,46)(H3,25,29,30,34)/t7-,8-,10-,11-,14-,15-,19-,20-,43?,44?/m1/s1. The third kappa shape index (κ3) is 5.62. The van der Waals surface area contributed by atoms with E-state index in [0.29, 0.717) is 0 Å². The van der Waals surface area contributed by atoms with Gasteiger partial charge in [0.1, 0.15) is 30.3 Å². The van der Waals surface area contributed by atoms with E-state index in [1.807, 2.05) is 0 Å². The van der Waals surface area contributed by atoms with Gasteiger partial charge in [0.2, 0.25) is 5.95 Å². The van der Waals surface area contributed by atoms with Gasteiger partial charge in [-0.3, -0.25) is 37.3 Å². The highest BCUT2D eigenvalue weighted by molar-refractivity contribution is 8.44.